The monoisotopic (exact) mass is 209 g/mol. The number of fused-ring (bicyclic) bond motifs is 2. The van der Waals surface area contributed by atoms with Crippen LogP contribution in [0.3, 0.4) is 0 Å². The number of allylic oxidation sites excluding steroid dienone is 2. The molecule has 0 bridgehead atoms. The van der Waals surface area contributed by atoms with Crippen molar-refractivity contribution in [2.45, 2.75) is 19.3 Å². The van der Waals surface area contributed by atoms with Gasteiger partial charge in [-0.05, 0) is 40.5 Å². The average molecular weight is 209 g/mol. The van der Waals surface area contributed by atoms with E-state index in [2.05, 4.69) is 42.1 Å². The van der Waals surface area contributed by atoms with Crippen LogP contribution in [-0.2, 0) is 0 Å². The molecule has 1 heterocycles. The fraction of sp³-hybridized carbons (Fsp3) is 0.214. The maximum Gasteiger partial charge on any atom is 0.0597 e. The molecule has 0 saturated carbocycles. The first-order valence-electron chi connectivity index (χ1n) is 5.54. The zero-order chi connectivity index (χ0) is 10.1. The van der Waals surface area contributed by atoms with Crippen LogP contribution in [-0.4, -0.2) is 14.8 Å². The summed E-state index contributed by atoms with van der Waals surface area (Å²) in [4.78, 5) is 0. The SMILES string of the molecule is C1=[Si]C2=CCCCC2=c2ccccc2=C1. The minimum Gasteiger partial charge on any atom is -0.0814 e. The van der Waals surface area contributed by atoms with E-state index in [1.165, 1.54) is 29.7 Å². The molecule has 1 heteroatoms. The molecule has 1 aromatic rings. The topological polar surface area (TPSA) is 0 Å². The summed E-state index contributed by atoms with van der Waals surface area (Å²) in [6, 6.07) is 8.77. The highest BCUT2D eigenvalue weighted by molar-refractivity contribution is 6.62. The molecule has 0 fully saturated rings. The van der Waals surface area contributed by atoms with Gasteiger partial charge in [-0.1, -0.05) is 42.1 Å². The Balaban J connectivity index is 2.43. The lowest BCUT2D eigenvalue weighted by molar-refractivity contribution is 0.855. The molecular formula is C14H13Si. The van der Waals surface area contributed by atoms with Gasteiger partial charge in [0.05, 0.1) is 9.13 Å². The molecule has 0 saturated heterocycles. The summed E-state index contributed by atoms with van der Waals surface area (Å²) in [5.74, 6) is 0. The maximum absolute atomic E-state index is 2.43. The standard InChI is InChI=1S/C14H13Si/c1-2-6-12-11(5-1)9-10-15-14-8-4-3-7-13(12)14/h1-2,5-6,8-10H,3-4,7H2. The fourth-order valence-corrected chi connectivity index (χ4v) is 3.49. The summed E-state index contributed by atoms with van der Waals surface area (Å²) in [6.07, 6.45) is 8.56. The summed E-state index contributed by atoms with van der Waals surface area (Å²) in [6.45, 7) is 0. The molecule has 0 spiro atoms. The van der Waals surface area contributed by atoms with Crippen LogP contribution in [0.5, 0.6) is 0 Å². The molecule has 2 aliphatic rings. The first kappa shape index (κ1) is 9.04. The summed E-state index contributed by atoms with van der Waals surface area (Å²) in [7, 11) is 0.864. The van der Waals surface area contributed by atoms with E-state index in [0.29, 0.717) is 0 Å². The third-order valence-electron chi connectivity index (χ3n) is 3.09. The predicted molar refractivity (Wildman–Crippen MR) is 67.3 cm³/mol. The van der Waals surface area contributed by atoms with Gasteiger partial charge in [-0.25, -0.2) is 0 Å². The Labute approximate surface area is 92.1 Å². The molecule has 0 amide bonds. The Morgan fingerprint density at radius 1 is 1.13 bits per heavy atom. The molecule has 0 N–H and O–H groups in total. The van der Waals surface area contributed by atoms with Crippen molar-refractivity contribution in [2.24, 2.45) is 0 Å². The first-order valence-corrected chi connectivity index (χ1v) is 6.62. The summed E-state index contributed by atoms with van der Waals surface area (Å²) in [5.41, 5.74) is 3.92. The average Bonchev–Trinajstić information content (AvgIpc) is 2.48. The Hall–Kier alpha value is -1.21. The van der Waals surface area contributed by atoms with Crippen LogP contribution >= 0.6 is 0 Å². The number of benzene rings is 1. The van der Waals surface area contributed by atoms with Crippen LogP contribution in [0.4, 0.5) is 0 Å². The molecular weight excluding hydrogens is 196 g/mol. The van der Waals surface area contributed by atoms with E-state index in [-0.39, 0.29) is 0 Å². The van der Waals surface area contributed by atoms with E-state index >= 15 is 0 Å². The third kappa shape index (κ3) is 1.57. The predicted octanol–water partition coefficient (Wildman–Crippen LogP) is 1.21. The van der Waals surface area contributed by atoms with E-state index < -0.39 is 0 Å². The van der Waals surface area contributed by atoms with Gasteiger partial charge in [0.2, 0.25) is 0 Å². The molecule has 0 unspecified atom stereocenters. The van der Waals surface area contributed by atoms with Gasteiger partial charge >= 0.3 is 0 Å². The fourth-order valence-electron chi connectivity index (χ4n) is 2.35. The second-order valence-electron chi connectivity index (χ2n) is 4.05. The molecule has 1 aromatic carbocycles. The molecule has 1 aliphatic carbocycles. The molecule has 0 atom stereocenters. The van der Waals surface area contributed by atoms with Crippen LogP contribution in [0.2, 0.25) is 0 Å². The van der Waals surface area contributed by atoms with Gasteiger partial charge in [-0.2, -0.15) is 0 Å². The van der Waals surface area contributed by atoms with E-state index in [4.69, 9.17) is 0 Å². The van der Waals surface area contributed by atoms with Gasteiger partial charge in [-0.3, -0.25) is 0 Å². The first-order chi connectivity index (χ1) is 7.45. The summed E-state index contributed by atoms with van der Waals surface area (Å²) >= 11 is 0. The Morgan fingerprint density at radius 3 is 3.07 bits per heavy atom. The van der Waals surface area contributed by atoms with Gasteiger partial charge in [0.15, 0.2) is 0 Å². The molecule has 1 radical (unpaired) electrons. The smallest absolute Gasteiger partial charge is 0.0597 e. The van der Waals surface area contributed by atoms with Gasteiger partial charge < -0.3 is 0 Å². The third-order valence-corrected chi connectivity index (χ3v) is 4.24. The van der Waals surface area contributed by atoms with Crippen molar-refractivity contribution in [3.05, 3.63) is 46.0 Å². The molecule has 73 valence electrons. The highest BCUT2D eigenvalue weighted by atomic mass is 28.2. The van der Waals surface area contributed by atoms with Gasteiger partial charge in [0, 0.05) is 0 Å². The molecule has 15 heavy (non-hydrogen) atoms. The van der Waals surface area contributed by atoms with Crippen molar-refractivity contribution in [3.63, 3.8) is 0 Å². The van der Waals surface area contributed by atoms with Crippen molar-refractivity contribution in [1.82, 2.24) is 0 Å². The van der Waals surface area contributed by atoms with Gasteiger partial charge in [0.1, 0.15) is 0 Å². The van der Waals surface area contributed by atoms with Crippen LogP contribution in [0.25, 0.3) is 11.6 Å². The number of hydrogen-bond acceptors (Lipinski definition) is 0. The molecule has 3 rings (SSSR count). The van der Waals surface area contributed by atoms with Crippen molar-refractivity contribution in [1.29, 1.82) is 0 Å². The van der Waals surface area contributed by atoms with E-state index in [1.807, 2.05) is 0 Å². The zero-order valence-electron chi connectivity index (χ0n) is 8.66. The van der Waals surface area contributed by atoms with Crippen LogP contribution in [0, 0.1) is 0 Å². The molecule has 0 aromatic heterocycles. The highest BCUT2D eigenvalue weighted by Gasteiger charge is 2.09. The zero-order valence-corrected chi connectivity index (χ0v) is 9.66. The van der Waals surface area contributed by atoms with Crippen molar-refractivity contribution < 1.29 is 0 Å². The van der Waals surface area contributed by atoms with Crippen LogP contribution in [0.15, 0.2) is 35.5 Å². The Morgan fingerprint density at radius 2 is 2.07 bits per heavy atom. The van der Waals surface area contributed by atoms with E-state index in [9.17, 15) is 0 Å². The second-order valence-corrected chi connectivity index (χ2v) is 5.21. The second kappa shape index (κ2) is 3.74. The largest absolute Gasteiger partial charge is 0.0814 e. The minimum atomic E-state index is 0.864. The Bertz CT molecular complexity index is 561. The Kier molecular flexibility index (Phi) is 2.26. The van der Waals surface area contributed by atoms with E-state index in [0.717, 1.165) is 9.13 Å². The lowest BCUT2D eigenvalue weighted by Gasteiger charge is -2.13. The number of rotatable bonds is 0. The quantitative estimate of drug-likeness (QED) is 0.563. The minimum absolute atomic E-state index is 0.864. The van der Waals surface area contributed by atoms with Gasteiger partial charge in [-0.15, -0.1) is 0 Å². The van der Waals surface area contributed by atoms with Crippen LogP contribution in [0.1, 0.15) is 19.3 Å². The normalized spacial score (nSPS) is 18.4. The lowest BCUT2D eigenvalue weighted by atomic mass is 9.98. The number of hydrogen-bond donors (Lipinski definition) is 0. The highest BCUT2D eigenvalue weighted by Crippen LogP contribution is 2.22. The molecule has 1 aliphatic heterocycles. The van der Waals surface area contributed by atoms with Gasteiger partial charge in [0.25, 0.3) is 0 Å². The summed E-state index contributed by atoms with van der Waals surface area (Å²) in [5, 5.41) is 4.44. The van der Waals surface area contributed by atoms with Crippen molar-refractivity contribution in [3.8, 4) is 0 Å². The molecule has 0 nitrogen and oxygen atoms in total. The van der Waals surface area contributed by atoms with Crippen LogP contribution < -0.4 is 10.4 Å². The summed E-state index contributed by atoms with van der Waals surface area (Å²) < 4.78 is 0. The van der Waals surface area contributed by atoms with E-state index in [1.54, 1.807) is 10.8 Å². The van der Waals surface area contributed by atoms with Crippen molar-refractivity contribution >= 4 is 26.5 Å². The maximum atomic E-state index is 2.43. The van der Waals surface area contributed by atoms with Crippen molar-refractivity contribution in [2.75, 3.05) is 0 Å². The lowest BCUT2D eigenvalue weighted by Crippen LogP contribution is -2.26.